The number of pyridine rings is 1. The average Bonchev–Trinajstić information content (AvgIpc) is 2.43. The summed E-state index contributed by atoms with van der Waals surface area (Å²) in [5, 5.41) is 0. The molecule has 0 bridgehead atoms. The smallest absolute Gasteiger partial charge is 0.254 e. The second-order valence-electron chi connectivity index (χ2n) is 5.01. The third kappa shape index (κ3) is 3.15. The van der Waals surface area contributed by atoms with Gasteiger partial charge in [-0.2, -0.15) is 0 Å². The molecule has 4 heteroatoms. The summed E-state index contributed by atoms with van der Waals surface area (Å²) < 4.78 is 1.44. The molecule has 20 heavy (non-hydrogen) atoms. The van der Waals surface area contributed by atoms with Gasteiger partial charge in [0.05, 0.1) is 0 Å². The van der Waals surface area contributed by atoms with Crippen LogP contribution in [-0.4, -0.2) is 22.4 Å². The number of rotatable bonds is 3. The Bertz CT molecular complexity index is 672. The van der Waals surface area contributed by atoms with Gasteiger partial charge >= 0.3 is 0 Å². The fraction of sp³-hybridized carbons (Fsp3) is 0.250. The number of aromatic nitrogens is 1. The Kier molecular flexibility index (Phi) is 4.03. The molecule has 2 aromatic rings. The van der Waals surface area contributed by atoms with Crippen LogP contribution in [0.2, 0.25) is 0 Å². The summed E-state index contributed by atoms with van der Waals surface area (Å²) in [6.07, 6.45) is 1.61. The normalized spacial score (nSPS) is 10.3. The van der Waals surface area contributed by atoms with Crippen molar-refractivity contribution in [1.82, 2.24) is 9.47 Å². The van der Waals surface area contributed by atoms with Crippen LogP contribution in [-0.2, 0) is 13.6 Å². The number of amides is 1. The number of carbonyl (C=O) groups is 1. The van der Waals surface area contributed by atoms with Crippen molar-refractivity contribution in [3.05, 3.63) is 69.6 Å². The Morgan fingerprint density at radius 2 is 1.85 bits per heavy atom. The lowest BCUT2D eigenvalue weighted by Gasteiger charge is -2.17. The van der Waals surface area contributed by atoms with E-state index >= 15 is 0 Å². The standard InChI is InChI=1S/C16H18N2O2/c1-12-4-6-13(7-5-12)11-18(3)16(20)14-8-9-17(2)15(19)10-14/h4-10H,11H2,1-3H3. The molecule has 0 aliphatic rings. The molecule has 0 saturated heterocycles. The number of hydrogen-bond acceptors (Lipinski definition) is 2. The van der Waals surface area contributed by atoms with E-state index in [0.717, 1.165) is 5.56 Å². The summed E-state index contributed by atoms with van der Waals surface area (Å²) >= 11 is 0. The molecular weight excluding hydrogens is 252 g/mol. The van der Waals surface area contributed by atoms with Gasteiger partial charge in [-0.25, -0.2) is 0 Å². The van der Waals surface area contributed by atoms with Crippen LogP contribution in [0.5, 0.6) is 0 Å². The first-order valence-corrected chi connectivity index (χ1v) is 6.45. The van der Waals surface area contributed by atoms with Gasteiger partial charge in [0, 0.05) is 38.5 Å². The summed E-state index contributed by atoms with van der Waals surface area (Å²) in [5.41, 5.74) is 2.49. The number of carbonyl (C=O) groups excluding carboxylic acids is 1. The third-order valence-electron chi connectivity index (χ3n) is 3.24. The molecule has 4 nitrogen and oxygen atoms in total. The first-order chi connectivity index (χ1) is 9.47. The highest BCUT2D eigenvalue weighted by Crippen LogP contribution is 2.08. The van der Waals surface area contributed by atoms with Gasteiger partial charge < -0.3 is 9.47 Å². The minimum atomic E-state index is -0.181. The lowest BCUT2D eigenvalue weighted by Crippen LogP contribution is -2.28. The number of hydrogen-bond donors (Lipinski definition) is 0. The highest BCUT2D eigenvalue weighted by atomic mass is 16.2. The monoisotopic (exact) mass is 270 g/mol. The predicted octanol–water partition coefficient (Wildman–Crippen LogP) is 1.97. The molecule has 0 unspecified atom stereocenters. The third-order valence-corrected chi connectivity index (χ3v) is 3.24. The maximum atomic E-state index is 12.3. The first kappa shape index (κ1) is 14.1. The number of nitrogens with zero attached hydrogens (tertiary/aromatic N) is 2. The molecule has 0 fully saturated rings. The van der Waals surface area contributed by atoms with Gasteiger partial charge in [0.25, 0.3) is 11.5 Å². The molecule has 0 saturated carbocycles. The Hall–Kier alpha value is -2.36. The molecule has 1 aromatic heterocycles. The topological polar surface area (TPSA) is 42.3 Å². The lowest BCUT2D eigenvalue weighted by molar-refractivity contribution is 0.0785. The van der Waals surface area contributed by atoms with E-state index in [4.69, 9.17) is 0 Å². The fourth-order valence-corrected chi connectivity index (χ4v) is 1.94. The van der Waals surface area contributed by atoms with E-state index < -0.39 is 0 Å². The van der Waals surface area contributed by atoms with Crippen LogP contribution >= 0.6 is 0 Å². The molecule has 2 rings (SSSR count). The lowest BCUT2D eigenvalue weighted by atomic mass is 10.1. The van der Waals surface area contributed by atoms with Gasteiger partial charge in [-0.15, -0.1) is 0 Å². The van der Waals surface area contributed by atoms with Crippen LogP contribution in [0.25, 0.3) is 0 Å². The van der Waals surface area contributed by atoms with Gasteiger partial charge in [0.2, 0.25) is 0 Å². The molecule has 0 atom stereocenters. The Balaban J connectivity index is 2.14. The van der Waals surface area contributed by atoms with Crippen molar-refractivity contribution in [2.45, 2.75) is 13.5 Å². The van der Waals surface area contributed by atoms with Gasteiger partial charge in [-0.1, -0.05) is 29.8 Å². The zero-order chi connectivity index (χ0) is 14.7. The molecule has 1 aromatic carbocycles. The van der Waals surface area contributed by atoms with E-state index in [1.54, 1.807) is 31.3 Å². The summed E-state index contributed by atoms with van der Waals surface area (Å²) in [6, 6.07) is 11.1. The number of aryl methyl sites for hydroxylation is 2. The SMILES string of the molecule is Cc1ccc(CN(C)C(=O)c2ccn(C)c(=O)c2)cc1. The first-order valence-electron chi connectivity index (χ1n) is 6.45. The summed E-state index contributed by atoms with van der Waals surface area (Å²) in [4.78, 5) is 25.4. The highest BCUT2D eigenvalue weighted by Gasteiger charge is 2.12. The van der Waals surface area contributed by atoms with Gasteiger partial charge in [-0.05, 0) is 18.6 Å². The van der Waals surface area contributed by atoms with Crippen LogP contribution in [0.3, 0.4) is 0 Å². The predicted molar refractivity (Wildman–Crippen MR) is 78.7 cm³/mol. The maximum absolute atomic E-state index is 12.3. The van der Waals surface area contributed by atoms with E-state index in [2.05, 4.69) is 0 Å². The van der Waals surface area contributed by atoms with Crippen LogP contribution in [0.15, 0.2) is 47.4 Å². The van der Waals surface area contributed by atoms with Crippen molar-refractivity contribution in [3.63, 3.8) is 0 Å². The van der Waals surface area contributed by atoms with Crippen molar-refractivity contribution in [2.24, 2.45) is 7.05 Å². The van der Waals surface area contributed by atoms with Crippen LogP contribution in [0.4, 0.5) is 0 Å². The molecular formula is C16H18N2O2. The van der Waals surface area contributed by atoms with Gasteiger partial charge in [0.15, 0.2) is 0 Å². The van der Waals surface area contributed by atoms with Gasteiger partial charge in [0.1, 0.15) is 0 Å². The highest BCUT2D eigenvalue weighted by molar-refractivity contribution is 5.93. The quantitative estimate of drug-likeness (QED) is 0.855. The van der Waals surface area contributed by atoms with E-state index in [-0.39, 0.29) is 11.5 Å². The summed E-state index contributed by atoms with van der Waals surface area (Å²) in [7, 11) is 3.40. The summed E-state index contributed by atoms with van der Waals surface area (Å²) in [6.45, 7) is 2.55. The zero-order valence-electron chi connectivity index (χ0n) is 12.0. The zero-order valence-corrected chi connectivity index (χ0v) is 12.0. The van der Waals surface area contributed by atoms with E-state index in [1.165, 1.54) is 16.2 Å². The van der Waals surface area contributed by atoms with Gasteiger partial charge in [-0.3, -0.25) is 9.59 Å². The molecule has 1 amide bonds. The second-order valence-corrected chi connectivity index (χ2v) is 5.01. The fourth-order valence-electron chi connectivity index (χ4n) is 1.94. The molecule has 104 valence electrons. The molecule has 0 aliphatic heterocycles. The Morgan fingerprint density at radius 1 is 1.20 bits per heavy atom. The molecule has 1 heterocycles. The van der Waals surface area contributed by atoms with Crippen LogP contribution in [0.1, 0.15) is 21.5 Å². The maximum Gasteiger partial charge on any atom is 0.254 e. The Labute approximate surface area is 118 Å². The van der Waals surface area contributed by atoms with E-state index in [1.807, 2.05) is 31.2 Å². The minimum Gasteiger partial charge on any atom is -0.337 e. The largest absolute Gasteiger partial charge is 0.337 e. The van der Waals surface area contributed by atoms with Crippen LogP contribution < -0.4 is 5.56 Å². The average molecular weight is 270 g/mol. The minimum absolute atomic E-state index is 0.150. The number of benzene rings is 1. The van der Waals surface area contributed by atoms with Crippen molar-refractivity contribution in [2.75, 3.05) is 7.05 Å². The van der Waals surface area contributed by atoms with E-state index in [0.29, 0.717) is 12.1 Å². The van der Waals surface area contributed by atoms with Crippen molar-refractivity contribution < 1.29 is 4.79 Å². The summed E-state index contributed by atoms with van der Waals surface area (Å²) in [5.74, 6) is -0.150. The molecule has 0 spiro atoms. The molecule has 0 N–H and O–H groups in total. The Morgan fingerprint density at radius 3 is 2.45 bits per heavy atom. The van der Waals surface area contributed by atoms with E-state index in [9.17, 15) is 9.59 Å². The molecule has 0 aliphatic carbocycles. The van der Waals surface area contributed by atoms with Crippen LogP contribution in [0, 0.1) is 6.92 Å². The van der Waals surface area contributed by atoms with Crippen molar-refractivity contribution >= 4 is 5.91 Å². The van der Waals surface area contributed by atoms with Crippen molar-refractivity contribution in [1.29, 1.82) is 0 Å². The second kappa shape index (κ2) is 5.74. The molecule has 0 radical (unpaired) electrons. The van der Waals surface area contributed by atoms with Crippen molar-refractivity contribution in [3.8, 4) is 0 Å².